The Bertz CT molecular complexity index is 924. The number of thioether (sulfide) groups is 1. The Balaban J connectivity index is 1.59. The molecule has 27 heavy (non-hydrogen) atoms. The van der Waals surface area contributed by atoms with Gasteiger partial charge in [0.25, 0.3) is 0 Å². The van der Waals surface area contributed by atoms with Crippen LogP contribution in [0.5, 0.6) is 11.5 Å². The van der Waals surface area contributed by atoms with Crippen LogP contribution in [0.15, 0.2) is 65.6 Å². The fraction of sp³-hybridized carbons (Fsp3) is 0.227. The van der Waals surface area contributed by atoms with Crippen LogP contribution in [-0.2, 0) is 11.3 Å². The molecule has 3 aromatic rings. The van der Waals surface area contributed by atoms with Crippen molar-refractivity contribution in [3.05, 3.63) is 66.2 Å². The van der Waals surface area contributed by atoms with Gasteiger partial charge in [-0.1, -0.05) is 18.2 Å². The minimum Gasteiger partial charge on any atom is -0.497 e. The highest BCUT2D eigenvalue weighted by Gasteiger charge is 2.10. The summed E-state index contributed by atoms with van der Waals surface area (Å²) in [5, 5.41) is 2.27. The van der Waals surface area contributed by atoms with Gasteiger partial charge in [-0.25, -0.2) is 0 Å². The van der Waals surface area contributed by atoms with Gasteiger partial charge in [0.15, 0.2) is 0 Å². The largest absolute Gasteiger partial charge is 0.497 e. The first-order chi connectivity index (χ1) is 13.1. The number of benzene rings is 3. The van der Waals surface area contributed by atoms with Crippen LogP contribution in [0.25, 0.3) is 10.8 Å². The van der Waals surface area contributed by atoms with E-state index >= 15 is 0 Å². The molecule has 0 saturated heterocycles. The van der Waals surface area contributed by atoms with Gasteiger partial charge in [0.1, 0.15) is 11.5 Å². The van der Waals surface area contributed by atoms with E-state index in [9.17, 15) is 4.79 Å². The van der Waals surface area contributed by atoms with Gasteiger partial charge in [-0.3, -0.25) is 4.79 Å². The molecule has 0 saturated carbocycles. The number of fused-ring (bicyclic) bond motifs is 1. The lowest BCUT2D eigenvalue weighted by molar-refractivity contribution is -0.127. The topological polar surface area (TPSA) is 38.8 Å². The Kier molecular flexibility index (Phi) is 6.24. The summed E-state index contributed by atoms with van der Waals surface area (Å²) >= 11 is 1.53. The van der Waals surface area contributed by atoms with E-state index in [-0.39, 0.29) is 5.91 Å². The first-order valence-corrected chi connectivity index (χ1v) is 9.65. The number of ether oxygens (including phenoxy) is 2. The molecule has 0 fully saturated rings. The van der Waals surface area contributed by atoms with E-state index in [2.05, 4.69) is 18.2 Å². The molecule has 0 heterocycles. The van der Waals surface area contributed by atoms with Gasteiger partial charge in [0, 0.05) is 18.5 Å². The van der Waals surface area contributed by atoms with E-state index in [1.165, 1.54) is 11.8 Å². The lowest BCUT2D eigenvalue weighted by atomic mass is 10.1. The molecule has 0 N–H and O–H groups in total. The third kappa shape index (κ3) is 4.95. The molecule has 0 aliphatic carbocycles. The minimum atomic E-state index is 0.102. The third-order valence-corrected chi connectivity index (χ3v) is 5.38. The highest BCUT2D eigenvalue weighted by atomic mass is 32.2. The Morgan fingerprint density at radius 3 is 2.22 bits per heavy atom. The van der Waals surface area contributed by atoms with Crippen LogP contribution in [0, 0.1) is 0 Å². The zero-order chi connectivity index (χ0) is 19.2. The molecule has 0 aromatic heterocycles. The highest BCUT2D eigenvalue weighted by Crippen LogP contribution is 2.24. The second-order valence-electron chi connectivity index (χ2n) is 6.26. The molecule has 140 valence electrons. The van der Waals surface area contributed by atoms with E-state index in [0.717, 1.165) is 32.7 Å². The zero-order valence-electron chi connectivity index (χ0n) is 15.8. The molecule has 3 aromatic carbocycles. The van der Waals surface area contributed by atoms with Gasteiger partial charge >= 0.3 is 0 Å². The van der Waals surface area contributed by atoms with Crippen molar-refractivity contribution in [2.45, 2.75) is 11.4 Å². The van der Waals surface area contributed by atoms with Crippen molar-refractivity contribution >= 4 is 28.4 Å². The molecule has 1 amide bonds. The average Bonchev–Trinajstić information content (AvgIpc) is 2.71. The fourth-order valence-electron chi connectivity index (χ4n) is 2.79. The average molecular weight is 381 g/mol. The Morgan fingerprint density at radius 2 is 1.52 bits per heavy atom. The molecule has 5 heteroatoms. The summed E-state index contributed by atoms with van der Waals surface area (Å²) < 4.78 is 10.4. The molecule has 3 rings (SSSR count). The Labute approximate surface area is 164 Å². The second-order valence-corrected chi connectivity index (χ2v) is 7.31. The van der Waals surface area contributed by atoms with Gasteiger partial charge in [0.05, 0.1) is 20.0 Å². The predicted octanol–water partition coefficient (Wildman–Crippen LogP) is 4.61. The van der Waals surface area contributed by atoms with Gasteiger partial charge in [0.2, 0.25) is 5.91 Å². The van der Waals surface area contributed by atoms with Gasteiger partial charge < -0.3 is 14.4 Å². The molecule has 0 radical (unpaired) electrons. The first-order valence-electron chi connectivity index (χ1n) is 8.66. The number of nitrogens with zero attached hydrogens (tertiary/aromatic N) is 1. The minimum absolute atomic E-state index is 0.102. The summed E-state index contributed by atoms with van der Waals surface area (Å²) in [7, 11) is 5.15. The van der Waals surface area contributed by atoms with E-state index in [4.69, 9.17) is 9.47 Å². The summed E-state index contributed by atoms with van der Waals surface area (Å²) in [6.07, 6.45) is 0. The number of amides is 1. The van der Waals surface area contributed by atoms with Crippen LogP contribution >= 0.6 is 11.8 Å². The predicted molar refractivity (Wildman–Crippen MR) is 111 cm³/mol. The van der Waals surface area contributed by atoms with Crippen molar-refractivity contribution in [1.82, 2.24) is 4.90 Å². The quantitative estimate of drug-likeness (QED) is 0.560. The molecule has 0 spiro atoms. The third-order valence-electron chi connectivity index (χ3n) is 4.38. The summed E-state index contributed by atoms with van der Waals surface area (Å²) in [4.78, 5) is 15.3. The normalized spacial score (nSPS) is 10.6. The first kappa shape index (κ1) is 19.1. The van der Waals surface area contributed by atoms with Crippen LogP contribution in [-0.4, -0.2) is 37.8 Å². The molecule has 4 nitrogen and oxygen atoms in total. The van der Waals surface area contributed by atoms with E-state index in [1.807, 2.05) is 49.5 Å². The summed E-state index contributed by atoms with van der Waals surface area (Å²) in [5.41, 5.74) is 1.11. The Hall–Kier alpha value is -2.66. The van der Waals surface area contributed by atoms with Crippen LogP contribution in [0.2, 0.25) is 0 Å². The van der Waals surface area contributed by atoms with Crippen LogP contribution in [0.4, 0.5) is 0 Å². The lowest BCUT2D eigenvalue weighted by Crippen LogP contribution is -2.27. The molecule has 0 unspecified atom stereocenters. The highest BCUT2D eigenvalue weighted by molar-refractivity contribution is 8.00. The van der Waals surface area contributed by atoms with Gasteiger partial charge in [-0.2, -0.15) is 0 Å². The number of rotatable bonds is 7. The number of hydrogen-bond donors (Lipinski definition) is 0. The summed E-state index contributed by atoms with van der Waals surface area (Å²) in [6, 6.07) is 20.0. The lowest BCUT2D eigenvalue weighted by Gasteiger charge is -2.17. The van der Waals surface area contributed by atoms with Gasteiger partial charge in [-0.15, -0.1) is 11.8 Å². The van der Waals surface area contributed by atoms with Crippen LogP contribution in [0.3, 0.4) is 0 Å². The smallest absolute Gasteiger partial charge is 0.232 e. The van der Waals surface area contributed by atoms with Crippen molar-refractivity contribution in [2.75, 3.05) is 27.0 Å². The monoisotopic (exact) mass is 381 g/mol. The fourth-order valence-corrected chi connectivity index (χ4v) is 3.63. The molecule has 0 atom stereocenters. The van der Waals surface area contributed by atoms with Crippen LogP contribution in [0.1, 0.15) is 5.56 Å². The van der Waals surface area contributed by atoms with Crippen molar-refractivity contribution in [3.8, 4) is 11.5 Å². The Morgan fingerprint density at radius 1 is 0.889 bits per heavy atom. The SMILES string of the molecule is COc1ccc(SCC(=O)N(C)Cc2ccc3cc(OC)ccc3c2)cc1. The number of hydrogen-bond acceptors (Lipinski definition) is 4. The zero-order valence-corrected chi connectivity index (χ0v) is 16.6. The maximum absolute atomic E-state index is 12.5. The van der Waals surface area contributed by atoms with Crippen molar-refractivity contribution in [1.29, 1.82) is 0 Å². The van der Waals surface area contributed by atoms with Crippen molar-refractivity contribution in [3.63, 3.8) is 0 Å². The summed E-state index contributed by atoms with van der Waals surface area (Å²) in [6.45, 7) is 0.587. The standard InChI is InChI=1S/C22H23NO3S/c1-23(22(24)15-27-21-10-8-19(25-2)9-11-21)14-16-4-5-18-13-20(26-3)7-6-17(18)12-16/h4-13H,14-15H2,1-3H3. The summed E-state index contributed by atoms with van der Waals surface area (Å²) in [5.74, 6) is 2.17. The van der Waals surface area contributed by atoms with Crippen molar-refractivity contribution in [2.24, 2.45) is 0 Å². The van der Waals surface area contributed by atoms with E-state index in [1.54, 1.807) is 19.1 Å². The molecule has 0 bridgehead atoms. The number of carbonyl (C=O) groups excluding carboxylic acids is 1. The number of carbonyl (C=O) groups is 1. The molecular weight excluding hydrogens is 358 g/mol. The van der Waals surface area contributed by atoms with E-state index in [0.29, 0.717) is 12.3 Å². The van der Waals surface area contributed by atoms with Crippen LogP contribution < -0.4 is 9.47 Å². The maximum atomic E-state index is 12.5. The molecule has 0 aliphatic heterocycles. The second kappa shape index (κ2) is 8.82. The van der Waals surface area contributed by atoms with Crippen molar-refractivity contribution < 1.29 is 14.3 Å². The van der Waals surface area contributed by atoms with Gasteiger partial charge in [-0.05, 0) is 58.8 Å². The molecule has 0 aliphatic rings. The van der Waals surface area contributed by atoms with E-state index < -0.39 is 0 Å². The maximum Gasteiger partial charge on any atom is 0.232 e. The number of methoxy groups -OCH3 is 2. The molecular formula is C22H23NO3S.